The van der Waals surface area contributed by atoms with Crippen molar-refractivity contribution < 1.29 is 9.53 Å². The van der Waals surface area contributed by atoms with Gasteiger partial charge in [-0.15, -0.1) is 22.6 Å². The van der Waals surface area contributed by atoms with E-state index in [1.165, 1.54) is 11.3 Å². The molecule has 2 atom stereocenters. The van der Waals surface area contributed by atoms with E-state index in [0.29, 0.717) is 11.2 Å². The van der Waals surface area contributed by atoms with Crippen LogP contribution in [0.3, 0.4) is 0 Å². The topological polar surface area (TPSA) is 76.1 Å². The maximum absolute atomic E-state index is 12.3. The predicted octanol–water partition coefficient (Wildman–Crippen LogP) is 2.96. The van der Waals surface area contributed by atoms with Gasteiger partial charge in [0.25, 0.3) is 0 Å². The number of hydrogen-bond donors (Lipinski definition) is 2. The molecule has 2 heterocycles. The van der Waals surface area contributed by atoms with E-state index in [1.807, 2.05) is 24.3 Å². The minimum absolute atomic E-state index is 0. The summed E-state index contributed by atoms with van der Waals surface area (Å²) in [7, 11) is 1.63. The van der Waals surface area contributed by atoms with E-state index in [2.05, 4.69) is 27.8 Å². The number of amides is 1. The van der Waals surface area contributed by atoms with E-state index < -0.39 is 0 Å². The van der Waals surface area contributed by atoms with E-state index in [4.69, 9.17) is 4.74 Å². The van der Waals surface area contributed by atoms with Gasteiger partial charge in [-0.3, -0.25) is 4.79 Å². The van der Waals surface area contributed by atoms with Gasteiger partial charge in [0.05, 0.1) is 7.11 Å². The Labute approximate surface area is 151 Å². The van der Waals surface area contributed by atoms with E-state index in [9.17, 15) is 4.79 Å². The molecule has 130 valence electrons. The van der Waals surface area contributed by atoms with Gasteiger partial charge in [-0.1, -0.05) is 11.3 Å². The number of nitrogens with one attached hydrogen (secondary N) is 2. The van der Waals surface area contributed by atoms with Gasteiger partial charge in [-0.05, 0) is 50.6 Å². The van der Waals surface area contributed by atoms with E-state index in [-0.39, 0.29) is 24.2 Å². The summed E-state index contributed by atoms with van der Waals surface area (Å²) in [6, 6.07) is 8.00. The van der Waals surface area contributed by atoms with Crippen LogP contribution in [0.5, 0.6) is 5.75 Å². The number of methoxy groups -OCH3 is 1. The Balaban J connectivity index is 0.00000208. The number of aromatic nitrogens is 2. The number of piperidine rings is 1. The van der Waals surface area contributed by atoms with Crippen molar-refractivity contribution in [3.8, 4) is 16.3 Å². The highest BCUT2D eigenvalue weighted by atomic mass is 35.5. The van der Waals surface area contributed by atoms with Gasteiger partial charge in [0.15, 0.2) is 0 Å². The van der Waals surface area contributed by atoms with Crippen LogP contribution in [0.15, 0.2) is 24.3 Å². The fraction of sp³-hybridized carbons (Fsp3) is 0.438. The van der Waals surface area contributed by atoms with Crippen molar-refractivity contribution in [1.82, 2.24) is 15.5 Å². The maximum atomic E-state index is 12.3. The van der Waals surface area contributed by atoms with Crippen molar-refractivity contribution in [1.29, 1.82) is 0 Å². The molecule has 0 saturated carbocycles. The van der Waals surface area contributed by atoms with Crippen molar-refractivity contribution in [2.24, 2.45) is 5.92 Å². The third kappa shape index (κ3) is 4.43. The van der Waals surface area contributed by atoms with Crippen molar-refractivity contribution >= 4 is 34.8 Å². The summed E-state index contributed by atoms with van der Waals surface area (Å²) in [6.45, 7) is 2.98. The molecule has 0 bridgehead atoms. The molecule has 3 rings (SSSR count). The first-order valence-corrected chi connectivity index (χ1v) is 8.49. The number of carbonyl (C=O) groups excluding carboxylic acids is 1. The Morgan fingerprint density at radius 2 is 2.08 bits per heavy atom. The molecule has 2 aromatic rings. The van der Waals surface area contributed by atoms with Crippen LogP contribution in [0.25, 0.3) is 10.6 Å². The zero-order valence-electron chi connectivity index (χ0n) is 13.6. The number of halogens is 1. The normalized spacial score (nSPS) is 20.1. The fourth-order valence-corrected chi connectivity index (χ4v) is 3.45. The molecule has 24 heavy (non-hydrogen) atoms. The average Bonchev–Trinajstić information content (AvgIpc) is 3.03. The summed E-state index contributed by atoms with van der Waals surface area (Å²) in [5.41, 5.74) is 0.958. The first kappa shape index (κ1) is 18.6. The minimum atomic E-state index is 0. The van der Waals surface area contributed by atoms with Crippen LogP contribution in [0.2, 0.25) is 0 Å². The molecule has 1 aliphatic heterocycles. The summed E-state index contributed by atoms with van der Waals surface area (Å²) < 4.78 is 5.14. The number of benzene rings is 1. The highest BCUT2D eigenvalue weighted by Gasteiger charge is 2.25. The molecule has 8 heteroatoms. The SMILES string of the molecule is COc1ccc(-c2nnc(NC(=O)[C@H]3CCN[C@@H](C)C3)s2)cc1.Cl. The van der Waals surface area contributed by atoms with Crippen LogP contribution in [0.1, 0.15) is 19.8 Å². The molecule has 1 aliphatic rings. The summed E-state index contributed by atoms with van der Waals surface area (Å²) in [4.78, 5) is 12.3. The lowest BCUT2D eigenvalue weighted by molar-refractivity contribution is -0.120. The van der Waals surface area contributed by atoms with Crippen LogP contribution in [-0.4, -0.2) is 35.8 Å². The second-order valence-corrected chi connectivity index (χ2v) is 6.68. The Kier molecular flexibility index (Phi) is 6.53. The molecular formula is C16H21ClN4O2S. The van der Waals surface area contributed by atoms with Crippen molar-refractivity contribution in [3.63, 3.8) is 0 Å². The molecule has 1 saturated heterocycles. The molecule has 6 nitrogen and oxygen atoms in total. The number of anilines is 1. The quantitative estimate of drug-likeness (QED) is 0.867. The molecule has 0 unspecified atom stereocenters. The van der Waals surface area contributed by atoms with Gasteiger partial charge in [-0.2, -0.15) is 0 Å². The maximum Gasteiger partial charge on any atom is 0.229 e. The molecule has 0 radical (unpaired) electrons. The predicted molar refractivity (Wildman–Crippen MR) is 98.0 cm³/mol. The first-order valence-electron chi connectivity index (χ1n) is 7.68. The molecule has 1 aromatic carbocycles. The zero-order chi connectivity index (χ0) is 16.2. The Morgan fingerprint density at radius 3 is 2.75 bits per heavy atom. The smallest absolute Gasteiger partial charge is 0.229 e. The number of hydrogen-bond acceptors (Lipinski definition) is 6. The molecule has 1 aromatic heterocycles. The number of carbonyl (C=O) groups is 1. The molecular weight excluding hydrogens is 348 g/mol. The standard InChI is InChI=1S/C16H20N4O2S.ClH/c1-10-9-12(7-8-17-10)14(21)18-16-20-19-15(23-16)11-3-5-13(22-2)6-4-11;/h3-6,10,12,17H,7-9H2,1-2H3,(H,18,20,21);1H/t10-,12-;/m0./s1. The number of rotatable bonds is 4. The van der Waals surface area contributed by atoms with E-state index in [1.54, 1.807) is 7.11 Å². The monoisotopic (exact) mass is 368 g/mol. The van der Waals surface area contributed by atoms with Gasteiger partial charge < -0.3 is 15.4 Å². The van der Waals surface area contributed by atoms with Crippen LogP contribution in [-0.2, 0) is 4.79 Å². The lowest BCUT2D eigenvalue weighted by atomic mass is 9.93. The summed E-state index contributed by atoms with van der Waals surface area (Å²) in [5, 5.41) is 15.8. The third-order valence-electron chi connectivity index (χ3n) is 3.99. The Morgan fingerprint density at radius 1 is 1.33 bits per heavy atom. The highest BCUT2D eigenvalue weighted by Crippen LogP contribution is 2.28. The summed E-state index contributed by atoms with van der Waals surface area (Å²) >= 11 is 1.38. The number of ether oxygens (including phenoxy) is 1. The molecule has 1 amide bonds. The fourth-order valence-electron chi connectivity index (χ4n) is 2.70. The van der Waals surface area contributed by atoms with Gasteiger partial charge in [0.2, 0.25) is 11.0 Å². The highest BCUT2D eigenvalue weighted by molar-refractivity contribution is 7.18. The van der Waals surface area contributed by atoms with Gasteiger partial charge in [0, 0.05) is 17.5 Å². The summed E-state index contributed by atoms with van der Waals surface area (Å²) in [6.07, 6.45) is 1.72. The van der Waals surface area contributed by atoms with Gasteiger partial charge >= 0.3 is 0 Å². The second kappa shape index (κ2) is 8.41. The average molecular weight is 369 g/mol. The Bertz CT molecular complexity index is 677. The minimum Gasteiger partial charge on any atom is -0.497 e. The van der Waals surface area contributed by atoms with Gasteiger partial charge in [0.1, 0.15) is 10.8 Å². The van der Waals surface area contributed by atoms with Crippen molar-refractivity contribution in [3.05, 3.63) is 24.3 Å². The third-order valence-corrected chi connectivity index (χ3v) is 4.87. The lowest BCUT2D eigenvalue weighted by Crippen LogP contribution is -2.40. The molecule has 2 N–H and O–H groups in total. The first-order chi connectivity index (χ1) is 11.2. The zero-order valence-corrected chi connectivity index (χ0v) is 15.2. The van der Waals surface area contributed by atoms with Crippen molar-refractivity contribution in [2.75, 3.05) is 19.0 Å². The van der Waals surface area contributed by atoms with Crippen LogP contribution >= 0.6 is 23.7 Å². The van der Waals surface area contributed by atoms with Crippen LogP contribution in [0.4, 0.5) is 5.13 Å². The number of nitrogens with zero attached hydrogens (tertiary/aromatic N) is 2. The van der Waals surface area contributed by atoms with E-state index >= 15 is 0 Å². The molecule has 1 fully saturated rings. The lowest BCUT2D eigenvalue weighted by Gasteiger charge is -2.26. The molecule has 0 aliphatic carbocycles. The molecule has 0 spiro atoms. The van der Waals surface area contributed by atoms with E-state index in [0.717, 1.165) is 35.7 Å². The van der Waals surface area contributed by atoms with Crippen molar-refractivity contribution in [2.45, 2.75) is 25.8 Å². The Hall–Kier alpha value is -1.70. The van der Waals surface area contributed by atoms with Gasteiger partial charge in [-0.25, -0.2) is 0 Å². The largest absolute Gasteiger partial charge is 0.497 e. The van der Waals surface area contributed by atoms with Crippen LogP contribution < -0.4 is 15.4 Å². The van der Waals surface area contributed by atoms with Crippen LogP contribution in [0, 0.1) is 5.92 Å². The summed E-state index contributed by atoms with van der Waals surface area (Å²) in [5.74, 6) is 0.877. The second-order valence-electron chi connectivity index (χ2n) is 5.71.